The lowest BCUT2D eigenvalue weighted by atomic mass is 9.34. The summed E-state index contributed by atoms with van der Waals surface area (Å²) >= 11 is 3.79. The van der Waals surface area contributed by atoms with Crippen LogP contribution in [0.3, 0.4) is 0 Å². The maximum absolute atomic E-state index is 7.08. The van der Waals surface area contributed by atoms with Crippen LogP contribution in [0, 0.1) is 0 Å². The van der Waals surface area contributed by atoms with Crippen LogP contribution in [0.25, 0.3) is 47.7 Å². The van der Waals surface area contributed by atoms with Crippen LogP contribution in [0.15, 0.2) is 97.1 Å². The fourth-order valence-electron chi connectivity index (χ4n) is 10.4. The van der Waals surface area contributed by atoms with Crippen molar-refractivity contribution in [2.24, 2.45) is 0 Å². The van der Waals surface area contributed by atoms with Gasteiger partial charge in [-0.1, -0.05) is 92.6 Å². The van der Waals surface area contributed by atoms with Crippen LogP contribution in [-0.4, -0.2) is 18.0 Å². The highest BCUT2D eigenvalue weighted by atomic mass is 32.1. The van der Waals surface area contributed by atoms with E-state index in [0.717, 1.165) is 40.0 Å². The van der Waals surface area contributed by atoms with Crippen molar-refractivity contribution in [3.05, 3.63) is 114 Å². The van der Waals surface area contributed by atoms with Crippen LogP contribution in [0.4, 0.5) is 0 Å². The molecule has 292 valence electrons. The Morgan fingerprint density at radius 2 is 1.02 bits per heavy atom. The van der Waals surface area contributed by atoms with E-state index in [1.807, 2.05) is 28.7 Å². The number of thiophene rings is 2. The van der Waals surface area contributed by atoms with Gasteiger partial charge >= 0.3 is 0 Å². The minimum absolute atomic E-state index is 0.0153. The first-order valence-corrected chi connectivity index (χ1v) is 22.9. The molecule has 4 aliphatic heterocycles. The number of hydrogen-bond donors (Lipinski definition) is 0. The normalized spacial score (nSPS) is 14.8. The number of rotatable bonds is 0. The molecule has 0 amide bonds. The van der Waals surface area contributed by atoms with Crippen LogP contribution < -0.4 is 45.6 Å². The van der Waals surface area contributed by atoms with Crippen molar-refractivity contribution in [2.45, 2.75) is 78.6 Å². The van der Waals surface area contributed by atoms with E-state index in [-0.39, 0.29) is 29.7 Å². The van der Waals surface area contributed by atoms with E-state index in [2.05, 4.69) is 158 Å². The van der Waals surface area contributed by atoms with Gasteiger partial charge in [-0.15, -0.1) is 22.7 Å². The Morgan fingerprint density at radius 1 is 0.467 bits per heavy atom. The Bertz CT molecular complexity index is 3440. The van der Waals surface area contributed by atoms with Gasteiger partial charge in [-0.25, -0.2) is 0 Å². The molecule has 8 heteroatoms. The molecule has 4 nitrogen and oxygen atoms in total. The van der Waals surface area contributed by atoms with E-state index in [9.17, 15) is 0 Å². The fraction of sp³-hybridized carbons (Fsp3) is 0.231. The van der Waals surface area contributed by atoms with Crippen molar-refractivity contribution in [3.63, 3.8) is 0 Å². The molecule has 0 radical (unpaired) electrons. The first-order valence-electron chi connectivity index (χ1n) is 21.2. The van der Waals surface area contributed by atoms with Crippen molar-refractivity contribution >= 4 is 109 Å². The van der Waals surface area contributed by atoms with Crippen LogP contribution >= 0.6 is 22.7 Å². The fourth-order valence-corrected chi connectivity index (χ4v) is 13.0. The number of aromatic nitrogens is 1. The standard InChI is InChI=1S/C52H43B2NO3S2/c1-50(2,3)26-13-17-35-30(21-26)29-16-18-38-44-45(29)55(35)46-31-22-27(51(4,5)6)14-19-41(31)59-48(46)54(44)34-24-33-39(25-40(34)57-38)56-36-11-10-12-37-43(36)53(33)49-47(58-37)32-23-28(52(7,8)9)15-20-42(32)60-49/h10-25H,1-9H3. The molecule has 0 aliphatic carbocycles. The average molecular weight is 816 g/mol. The van der Waals surface area contributed by atoms with Crippen LogP contribution in [0.1, 0.15) is 79.0 Å². The number of nitrogens with zero attached hydrogens (tertiary/aromatic N) is 1. The van der Waals surface area contributed by atoms with E-state index < -0.39 is 0 Å². The van der Waals surface area contributed by atoms with Crippen LogP contribution in [0.2, 0.25) is 0 Å². The van der Waals surface area contributed by atoms with E-state index in [4.69, 9.17) is 14.2 Å². The zero-order valence-electron chi connectivity index (χ0n) is 35.4. The van der Waals surface area contributed by atoms with Gasteiger partial charge in [-0.3, -0.25) is 0 Å². The van der Waals surface area contributed by atoms with E-state index >= 15 is 0 Å². The predicted octanol–water partition coefficient (Wildman–Crippen LogP) is 10.8. The summed E-state index contributed by atoms with van der Waals surface area (Å²) in [5.41, 5.74) is 12.6. The lowest BCUT2D eigenvalue weighted by Gasteiger charge is -2.35. The third-order valence-electron chi connectivity index (χ3n) is 13.6. The molecule has 0 fully saturated rings. The van der Waals surface area contributed by atoms with E-state index in [1.54, 1.807) is 0 Å². The highest BCUT2D eigenvalue weighted by molar-refractivity contribution is 7.34. The number of benzene rings is 6. The molecular weight excluding hydrogens is 772 g/mol. The second kappa shape index (κ2) is 11.3. The Labute approximate surface area is 358 Å². The molecule has 7 heterocycles. The summed E-state index contributed by atoms with van der Waals surface area (Å²) < 4.78 is 28.6. The molecular formula is C52H43B2NO3S2. The van der Waals surface area contributed by atoms with E-state index in [0.29, 0.717) is 0 Å². The van der Waals surface area contributed by atoms with Crippen molar-refractivity contribution in [3.8, 4) is 40.2 Å². The monoisotopic (exact) mass is 815 g/mol. The van der Waals surface area contributed by atoms with Gasteiger partial charge in [0.15, 0.2) is 0 Å². The van der Waals surface area contributed by atoms with Crippen LogP contribution in [0.5, 0.6) is 34.5 Å². The Kier molecular flexibility index (Phi) is 6.64. The number of hydrogen-bond acceptors (Lipinski definition) is 5. The highest BCUT2D eigenvalue weighted by Crippen LogP contribution is 2.46. The average Bonchev–Trinajstić information content (AvgIpc) is 3.87. The highest BCUT2D eigenvalue weighted by Gasteiger charge is 2.47. The van der Waals surface area contributed by atoms with Gasteiger partial charge in [-0.05, 0) is 110 Å². The van der Waals surface area contributed by atoms with Crippen LogP contribution in [-0.2, 0) is 16.2 Å². The second-order valence-corrected chi connectivity index (χ2v) is 22.7. The Balaban J connectivity index is 1.10. The summed E-state index contributed by atoms with van der Waals surface area (Å²) in [5, 5.41) is 5.07. The summed E-state index contributed by atoms with van der Waals surface area (Å²) in [6.07, 6.45) is 0. The smallest absolute Gasteiger partial charge is 0.273 e. The molecule has 0 N–H and O–H groups in total. The van der Waals surface area contributed by atoms with Crippen molar-refractivity contribution in [1.29, 1.82) is 0 Å². The minimum atomic E-state index is -0.0382. The topological polar surface area (TPSA) is 32.6 Å². The molecule has 0 spiro atoms. The van der Waals surface area contributed by atoms with E-state index in [1.165, 1.54) is 90.3 Å². The zero-order chi connectivity index (χ0) is 40.9. The molecule has 3 aromatic heterocycles. The number of ether oxygens (including phenoxy) is 3. The SMILES string of the molecule is CC(C)(C)c1ccc2sc3c(c2c1)Oc1cccc2c1B3c1cc3c(cc1O2)Oc1ccc2c4cc(C(C)(C)C)ccc4n4c2c1B3c1sc2ccc(C(C)(C)C)cc2c1-4. The molecule has 4 aliphatic rings. The third kappa shape index (κ3) is 4.59. The van der Waals surface area contributed by atoms with Crippen molar-refractivity contribution in [1.82, 2.24) is 4.57 Å². The third-order valence-corrected chi connectivity index (χ3v) is 16.1. The maximum atomic E-state index is 7.08. The zero-order valence-corrected chi connectivity index (χ0v) is 37.0. The van der Waals surface area contributed by atoms with Gasteiger partial charge in [0.1, 0.15) is 34.5 Å². The van der Waals surface area contributed by atoms with Gasteiger partial charge in [-0.2, -0.15) is 0 Å². The molecule has 0 unspecified atom stereocenters. The summed E-state index contributed by atoms with van der Waals surface area (Å²) in [7, 11) is 0. The Hall–Kier alpha value is -5.43. The van der Waals surface area contributed by atoms with Gasteiger partial charge in [0, 0.05) is 52.0 Å². The lowest BCUT2D eigenvalue weighted by Crippen LogP contribution is -2.61. The summed E-state index contributed by atoms with van der Waals surface area (Å²) in [6, 6.07) is 36.6. The second-order valence-electron chi connectivity index (χ2n) is 20.5. The number of fused-ring (bicyclic) bond motifs is 16. The quantitative estimate of drug-likeness (QED) is 0.143. The largest absolute Gasteiger partial charge is 0.458 e. The summed E-state index contributed by atoms with van der Waals surface area (Å²) in [4.78, 5) is 0. The predicted molar refractivity (Wildman–Crippen MR) is 257 cm³/mol. The van der Waals surface area contributed by atoms with Crippen molar-refractivity contribution in [2.75, 3.05) is 0 Å². The lowest BCUT2D eigenvalue weighted by molar-refractivity contribution is 0.458. The molecule has 60 heavy (non-hydrogen) atoms. The minimum Gasteiger partial charge on any atom is -0.458 e. The maximum Gasteiger partial charge on any atom is 0.273 e. The summed E-state index contributed by atoms with van der Waals surface area (Å²) in [6.45, 7) is 20.7. The van der Waals surface area contributed by atoms with Crippen molar-refractivity contribution < 1.29 is 14.2 Å². The molecule has 0 atom stereocenters. The first-order chi connectivity index (χ1) is 28.6. The molecule has 0 bridgehead atoms. The molecule has 0 saturated carbocycles. The van der Waals surface area contributed by atoms with Gasteiger partial charge in [0.25, 0.3) is 13.4 Å². The molecule has 13 rings (SSSR count). The summed E-state index contributed by atoms with van der Waals surface area (Å²) in [5.74, 6) is 5.32. The molecule has 0 saturated heterocycles. The van der Waals surface area contributed by atoms with Gasteiger partial charge in [0.2, 0.25) is 0 Å². The molecule has 9 aromatic rings. The Morgan fingerprint density at radius 3 is 1.68 bits per heavy atom. The van der Waals surface area contributed by atoms with Gasteiger partial charge < -0.3 is 18.8 Å². The molecule has 6 aromatic carbocycles. The van der Waals surface area contributed by atoms with Gasteiger partial charge in [0.05, 0.1) is 16.7 Å². The first kappa shape index (κ1) is 35.3.